The summed E-state index contributed by atoms with van der Waals surface area (Å²) in [6.45, 7) is 4.14. The molecule has 0 bridgehead atoms. The van der Waals surface area contributed by atoms with Gasteiger partial charge >= 0.3 is 0 Å². The summed E-state index contributed by atoms with van der Waals surface area (Å²) < 4.78 is 1.77. The molecule has 0 unspecified atom stereocenters. The van der Waals surface area contributed by atoms with Gasteiger partial charge in [-0.3, -0.25) is 4.79 Å². The Labute approximate surface area is 191 Å². The fraction of sp³-hybridized carbons (Fsp3) is 0.208. The SMILES string of the molecule is CC(C)c1nn(-c2cccc(N(C)C)c2)c2nc(C(N)=O)cc(-c3ccc(N=[N+]=[N-])cc3)c12. The quantitative estimate of drug-likeness (QED) is 0.247. The Bertz CT molecular complexity index is 1400. The van der Waals surface area contributed by atoms with Crippen molar-refractivity contribution in [2.24, 2.45) is 10.8 Å². The van der Waals surface area contributed by atoms with E-state index in [1.54, 1.807) is 22.9 Å². The molecule has 0 fully saturated rings. The summed E-state index contributed by atoms with van der Waals surface area (Å²) in [6.07, 6.45) is 0. The molecule has 0 aliphatic heterocycles. The van der Waals surface area contributed by atoms with E-state index < -0.39 is 5.91 Å². The third kappa shape index (κ3) is 4.09. The standard InChI is InChI=1S/C24H24N8O/c1-14(2)22-21-19(15-8-10-16(11-9-15)28-30-26)13-20(23(25)33)27-24(21)32(29-22)18-7-5-6-17(12-18)31(3)4/h5-14H,1-4H3,(H2,25,33). The number of amides is 1. The summed E-state index contributed by atoms with van der Waals surface area (Å²) >= 11 is 0. The molecule has 0 aliphatic carbocycles. The number of hydrogen-bond acceptors (Lipinski definition) is 5. The molecular formula is C24H24N8O. The van der Waals surface area contributed by atoms with E-state index in [1.807, 2.05) is 55.4 Å². The van der Waals surface area contributed by atoms with E-state index in [-0.39, 0.29) is 11.6 Å². The lowest BCUT2D eigenvalue weighted by Gasteiger charge is -2.14. The van der Waals surface area contributed by atoms with E-state index in [4.69, 9.17) is 16.4 Å². The highest BCUT2D eigenvalue weighted by Crippen LogP contribution is 2.36. The highest BCUT2D eigenvalue weighted by Gasteiger charge is 2.22. The molecule has 9 nitrogen and oxygen atoms in total. The average molecular weight is 441 g/mol. The lowest BCUT2D eigenvalue weighted by molar-refractivity contribution is 0.0996. The second-order valence-corrected chi connectivity index (χ2v) is 8.22. The first-order valence-corrected chi connectivity index (χ1v) is 10.5. The topological polar surface area (TPSA) is 126 Å². The van der Waals surface area contributed by atoms with Crippen molar-refractivity contribution in [3.05, 3.63) is 76.4 Å². The molecule has 0 spiro atoms. The summed E-state index contributed by atoms with van der Waals surface area (Å²) in [5.74, 6) is -0.516. The van der Waals surface area contributed by atoms with Gasteiger partial charge in [-0.25, -0.2) is 9.67 Å². The van der Waals surface area contributed by atoms with Crippen LogP contribution in [0.3, 0.4) is 0 Å². The maximum Gasteiger partial charge on any atom is 0.267 e. The summed E-state index contributed by atoms with van der Waals surface area (Å²) in [5.41, 5.74) is 19.9. The molecule has 0 saturated heterocycles. The number of carbonyl (C=O) groups excluding carboxylic acids is 1. The minimum absolute atomic E-state index is 0.105. The van der Waals surface area contributed by atoms with Crippen LogP contribution >= 0.6 is 0 Å². The smallest absolute Gasteiger partial charge is 0.267 e. The van der Waals surface area contributed by atoms with Crippen LogP contribution < -0.4 is 10.6 Å². The minimum atomic E-state index is -0.621. The molecule has 2 heterocycles. The van der Waals surface area contributed by atoms with Gasteiger partial charge in [0.1, 0.15) is 5.69 Å². The third-order valence-corrected chi connectivity index (χ3v) is 5.39. The van der Waals surface area contributed by atoms with Gasteiger partial charge in [0.25, 0.3) is 5.91 Å². The number of nitrogens with zero attached hydrogens (tertiary/aromatic N) is 7. The van der Waals surface area contributed by atoms with Gasteiger partial charge < -0.3 is 10.6 Å². The molecule has 33 heavy (non-hydrogen) atoms. The maximum atomic E-state index is 12.2. The van der Waals surface area contributed by atoms with Gasteiger partial charge in [-0.15, -0.1) is 0 Å². The lowest BCUT2D eigenvalue weighted by Crippen LogP contribution is -2.14. The molecule has 9 heteroatoms. The molecule has 1 amide bonds. The zero-order valence-corrected chi connectivity index (χ0v) is 18.9. The normalized spacial score (nSPS) is 10.9. The summed E-state index contributed by atoms with van der Waals surface area (Å²) in [6, 6.07) is 16.8. The van der Waals surface area contributed by atoms with E-state index >= 15 is 0 Å². The van der Waals surface area contributed by atoms with Crippen LogP contribution in [0.1, 0.15) is 35.9 Å². The van der Waals surface area contributed by atoms with Crippen molar-refractivity contribution in [2.75, 3.05) is 19.0 Å². The number of nitrogens with two attached hydrogens (primary N) is 1. The maximum absolute atomic E-state index is 12.2. The number of carbonyl (C=O) groups is 1. The van der Waals surface area contributed by atoms with Crippen molar-refractivity contribution in [1.82, 2.24) is 14.8 Å². The predicted octanol–water partition coefficient (Wildman–Crippen LogP) is 5.32. The molecule has 4 aromatic rings. The number of fused-ring (bicyclic) bond motifs is 1. The highest BCUT2D eigenvalue weighted by atomic mass is 16.1. The molecular weight excluding hydrogens is 416 g/mol. The molecule has 4 rings (SSSR count). The van der Waals surface area contributed by atoms with Gasteiger partial charge in [-0.05, 0) is 46.8 Å². The average Bonchev–Trinajstić information content (AvgIpc) is 3.19. The number of aromatic nitrogens is 3. The van der Waals surface area contributed by atoms with E-state index in [9.17, 15) is 4.79 Å². The summed E-state index contributed by atoms with van der Waals surface area (Å²) in [7, 11) is 3.95. The summed E-state index contributed by atoms with van der Waals surface area (Å²) in [5, 5.41) is 9.39. The van der Waals surface area contributed by atoms with Gasteiger partial charge in [0.05, 0.1) is 16.8 Å². The van der Waals surface area contributed by atoms with E-state index in [0.717, 1.165) is 33.6 Å². The highest BCUT2D eigenvalue weighted by molar-refractivity contribution is 6.01. The molecule has 0 atom stereocenters. The largest absolute Gasteiger partial charge is 0.378 e. The second kappa shape index (κ2) is 8.64. The summed E-state index contributed by atoms with van der Waals surface area (Å²) in [4.78, 5) is 21.6. The van der Waals surface area contributed by atoms with Crippen molar-refractivity contribution in [2.45, 2.75) is 19.8 Å². The predicted molar refractivity (Wildman–Crippen MR) is 130 cm³/mol. The van der Waals surface area contributed by atoms with Gasteiger partial charge in [-0.1, -0.05) is 49.3 Å². The van der Waals surface area contributed by atoms with Crippen LogP contribution in [-0.2, 0) is 0 Å². The van der Waals surface area contributed by atoms with Crippen molar-refractivity contribution in [3.63, 3.8) is 0 Å². The number of rotatable bonds is 6. The van der Waals surface area contributed by atoms with Crippen LogP contribution in [0.25, 0.3) is 38.3 Å². The molecule has 0 radical (unpaired) electrons. The van der Waals surface area contributed by atoms with E-state index in [0.29, 0.717) is 11.3 Å². The van der Waals surface area contributed by atoms with Crippen LogP contribution in [-0.4, -0.2) is 34.8 Å². The van der Waals surface area contributed by atoms with Gasteiger partial charge in [0.15, 0.2) is 5.65 Å². The molecule has 2 aromatic heterocycles. The molecule has 2 N–H and O–H groups in total. The molecule has 166 valence electrons. The van der Waals surface area contributed by atoms with Gasteiger partial charge in [-0.2, -0.15) is 5.10 Å². The zero-order chi connectivity index (χ0) is 23.7. The van der Waals surface area contributed by atoms with Crippen LogP contribution in [0.5, 0.6) is 0 Å². The van der Waals surface area contributed by atoms with Crippen molar-refractivity contribution >= 4 is 28.3 Å². The first kappa shape index (κ1) is 21.9. The zero-order valence-electron chi connectivity index (χ0n) is 18.9. The number of hydrogen-bond donors (Lipinski definition) is 1. The van der Waals surface area contributed by atoms with Gasteiger partial charge in [0.2, 0.25) is 0 Å². The fourth-order valence-electron chi connectivity index (χ4n) is 3.74. The number of benzene rings is 2. The monoisotopic (exact) mass is 440 g/mol. The van der Waals surface area contributed by atoms with Gasteiger partial charge in [0, 0.05) is 30.4 Å². The van der Waals surface area contributed by atoms with E-state index in [1.165, 1.54) is 0 Å². The fourth-order valence-corrected chi connectivity index (χ4v) is 3.74. The van der Waals surface area contributed by atoms with Crippen LogP contribution in [0, 0.1) is 0 Å². The Hall–Kier alpha value is -4.36. The Morgan fingerprint density at radius 2 is 1.88 bits per heavy atom. The van der Waals surface area contributed by atoms with Crippen molar-refractivity contribution < 1.29 is 4.79 Å². The Morgan fingerprint density at radius 1 is 1.15 bits per heavy atom. The number of pyridine rings is 1. The van der Waals surface area contributed by atoms with Crippen molar-refractivity contribution in [3.8, 4) is 16.8 Å². The molecule has 0 aliphatic rings. The first-order chi connectivity index (χ1) is 15.8. The van der Waals surface area contributed by atoms with E-state index in [2.05, 4.69) is 28.9 Å². The number of azide groups is 1. The minimum Gasteiger partial charge on any atom is -0.378 e. The number of primary amides is 1. The van der Waals surface area contributed by atoms with Crippen LogP contribution in [0.2, 0.25) is 0 Å². The Morgan fingerprint density at radius 3 is 2.48 bits per heavy atom. The Kier molecular flexibility index (Phi) is 5.72. The first-order valence-electron chi connectivity index (χ1n) is 10.5. The third-order valence-electron chi connectivity index (χ3n) is 5.39. The second-order valence-electron chi connectivity index (χ2n) is 8.22. The molecule has 0 saturated carbocycles. The molecule has 2 aromatic carbocycles. The van der Waals surface area contributed by atoms with Crippen LogP contribution in [0.15, 0.2) is 59.7 Å². The lowest BCUT2D eigenvalue weighted by atomic mass is 9.97. The Balaban J connectivity index is 2.06. The van der Waals surface area contributed by atoms with Crippen molar-refractivity contribution in [1.29, 1.82) is 0 Å². The number of anilines is 1. The van der Waals surface area contributed by atoms with Crippen LogP contribution in [0.4, 0.5) is 11.4 Å².